The van der Waals surface area contributed by atoms with Crippen LogP contribution in [0, 0.1) is 0 Å². The third-order valence-corrected chi connectivity index (χ3v) is 4.74. The fourth-order valence-corrected chi connectivity index (χ4v) is 3.06. The minimum atomic E-state index is -3.45. The summed E-state index contributed by atoms with van der Waals surface area (Å²) >= 11 is 10.7. The molecule has 2 rings (SSSR count). The summed E-state index contributed by atoms with van der Waals surface area (Å²) in [4.78, 5) is 1.26. The van der Waals surface area contributed by atoms with Gasteiger partial charge in [-0.05, 0) is 36.4 Å². The van der Waals surface area contributed by atoms with Crippen LogP contribution in [0.5, 0.6) is 0 Å². The second-order valence-electron chi connectivity index (χ2n) is 3.57. The Balaban J connectivity index is 2.41. The van der Waals surface area contributed by atoms with E-state index in [1.165, 1.54) is 18.2 Å². The van der Waals surface area contributed by atoms with Gasteiger partial charge in [-0.25, -0.2) is 8.42 Å². The van der Waals surface area contributed by atoms with Crippen molar-refractivity contribution in [2.24, 2.45) is 0 Å². The summed E-state index contributed by atoms with van der Waals surface area (Å²) in [5, 5.41) is 0.512. The molecule has 0 heterocycles. The van der Waals surface area contributed by atoms with Gasteiger partial charge in [-0.2, -0.15) is 0 Å². The quantitative estimate of drug-likeness (QED) is 0.781. The summed E-state index contributed by atoms with van der Waals surface area (Å²) in [6.45, 7) is 0. The highest BCUT2D eigenvalue weighted by Gasteiger charge is 2.19. The molecule has 0 bridgehead atoms. The molecule has 0 fully saturated rings. The van der Waals surface area contributed by atoms with Gasteiger partial charge in [-0.3, -0.25) is 0 Å². The van der Waals surface area contributed by atoms with E-state index in [2.05, 4.69) is 0 Å². The zero-order valence-electron chi connectivity index (χ0n) is 8.76. The first kappa shape index (κ1) is 12.5. The van der Waals surface area contributed by atoms with Crippen LogP contribution in [-0.4, -0.2) is 13.3 Å². The van der Waals surface area contributed by atoms with Gasteiger partial charge >= 0.3 is 0 Å². The van der Waals surface area contributed by atoms with Gasteiger partial charge in [0, 0.05) is 16.3 Å². The molecule has 0 aliphatic heterocycles. The Bertz CT molecular complexity index is 610. The molecule has 0 aromatic heterocycles. The second-order valence-corrected chi connectivity index (χ2v) is 6.48. The highest BCUT2D eigenvalue weighted by Crippen LogP contribution is 2.24. The van der Waals surface area contributed by atoms with E-state index >= 15 is 0 Å². The standard InChI is InChI=1S/C12H9ClO2S2/c13-9-1-5-11(6-2-9)17(14,15)12-7-3-10(16)4-8-12/h1-3,5-8H,4H2. The summed E-state index contributed by atoms with van der Waals surface area (Å²) in [6, 6.07) is 6.12. The first-order valence-electron chi connectivity index (χ1n) is 4.92. The van der Waals surface area contributed by atoms with Crippen LogP contribution in [0.3, 0.4) is 0 Å². The minimum absolute atomic E-state index is 0.241. The van der Waals surface area contributed by atoms with E-state index in [1.807, 2.05) is 0 Å². The third kappa shape index (κ3) is 2.65. The van der Waals surface area contributed by atoms with Crippen LogP contribution in [0.2, 0.25) is 5.02 Å². The van der Waals surface area contributed by atoms with Crippen LogP contribution in [0.1, 0.15) is 6.42 Å². The van der Waals surface area contributed by atoms with Crippen LogP contribution in [0.4, 0.5) is 0 Å². The maximum absolute atomic E-state index is 12.2. The highest BCUT2D eigenvalue weighted by molar-refractivity contribution is 7.95. The van der Waals surface area contributed by atoms with Crippen molar-refractivity contribution in [1.29, 1.82) is 0 Å². The molecule has 17 heavy (non-hydrogen) atoms. The molecule has 0 atom stereocenters. The predicted molar refractivity (Wildman–Crippen MR) is 73.1 cm³/mol. The van der Waals surface area contributed by atoms with E-state index in [9.17, 15) is 8.42 Å². The monoisotopic (exact) mass is 284 g/mol. The molecule has 0 saturated heterocycles. The fraction of sp³-hybridized carbons (Fsp3) is 0.0833. The molecule has 1 aromatic rings. The van der Waals surface area contributed by atoms with E-state index in [0.717, 1.165) is 4.86 Å². The molecule has 0 saturated carbocycles. The zero-order valence-corrected chi connectivity index (χ0v) is 11.1. The van der Waals surface area contributed by atoms with E-state index in [-0.39, 0.29) is 9.80 Å². The number of hydrogen-bond acceptors (Lipinski definition) is 3. The fourth-order valence-electron chi connectivity index (χ4n) is 1.46. The number of sulfone groups is 1. The largest absolute Gasteiger partial charge is 0.219 e. The maximum Gasteiger partial charge on any atom is 0.206 e. The number of rotatable bonds is 2. The number of thiocarbonyl (C=S) groups is 1. The van der Waals surface area contributed by atoms with Crippen molar-refractivity contribution in [3.05, 3.63) is 52.4 Å². The Hall–Kier alpha value is -0.970. The molecule has 0 radical (unpaired) electrons. The van der Waals surface area contributed by atoms with Crippen molar-refractivity contribution in [2.45, 2.75) is 11.3 Å². The first-order valence-corrected chi connectivity index (χ1v) is 7.19. The lowest BCUT2D eigenvalue weighted by Gasteiger charge is -2.09. The first-order chi connectivity index (χ1) is 8.00. The number of halogens is 1. The van der Waals surface area contributed by atoms with Crippen molar-refractivity contribution in [3.8, 4) is 0 Å². The SMILES string of the molecule is O=S(=O)(C1=CCC(=S)C=C1)c1ccc(Cl)cc1. The van der Waals surface area contributed by atoms with Gasteiger partial charge in [0.25, 0.3) is 0 Å². The number of benzene rings is 1. The van der Waals surface area contributed by atoms with Gasteiger partial charge in [-0.1, -0.05) is 29.9 Å². The zero-order chi connectivity index (χ0) is 12.5. The van der Waals surface area contributed by atoms with Crippen molar-refractivity contribution in [1.82, 2.24) is 0 Å². The van der Waals surface area contributed by atoms with Crippen LogP contribution in [-0.2, 0) is 9.84 Å². The average Bonchev–Trinajstić information content (AvgIpc) is 2.30. The minimum Gasteiger partial charge on any atom is -0.219 e. The Morgan fingerprint density at radius 1 is 1.12 bits per heavy atom. The molecular weight excluding hydrogens is 276 g/mol. The lowest BCUT2D eigenvalue weighted by atomic mass is 10.2. The topological polar surface area (TPSA) is 34.1 Å². The molecule has 1 aliphatic rings. The Morgan fingerprint density at radius 2 is 1.76 bits per heavy atom. The third-order valence-electron chi connectivity index (χ3n) is 2.37. The smallest absolute Gasteiger partial charge is 0.206 e. The summed E-state index contributed by atoms with van der Waals surface area (Å²) in [6.07, 6.45) is 5.31. The summed E-state index contributed by atoms with van der Waals surface area (Å²) in [5.74, 6) is 0. The number of allylic oxidation sites excluding steroid dienone is 3. The molecule has 0 unspecified atom stereocenters. The van der Waals surface area contributed by atoms with Gasteiger partial charge in [0.1, 0.15) is 0 Å². The maximum atomic E-state index is 12.2. The average molecular weight is 285 g/mol. The van der Waals surface area contributed by atoms with Gasteiger partial charge in [0.2, 0.25) is 9.84 Å². The van der Waals surface area contributed by atoms with Crippen molar-refractivity contribution < 1.29 is 8.42 Å². The molecule has 2 nitrogen and oxygen atoms in total. The van der Waals surface area contributed by atoms with E-state index in [4.69, 9.17) is 23.8 Å². The summed E-state index contributed by atoms with van der Waals surface area (Å²) in [7, 11) is -3.45. The van der Waals surface area contributed by atoms with Crippen molar-refractivity contribution >= 4 is 38.5 Å². The Morgan fingerprint density at radius 3 is 2.29 bits per heavy atom. The van der Waals surface area contributed by atoms with Crippen LogP contribution in [0.25, 0.3) is 0 Å². The van der Waals surface area contributed by atoms with Gasteiger partial charge in [-0.15, -0.1) is 0 Å². The predicted octanol–water partition coefficient (Wildman–Crippen LogP) is 3.33. The van der Waals surface area contributed by atoms with E-state index in [1.54, 1.807) is 24.3 Å². The van der Waals surface area contributed by atoms with Crippen molar-refractivity contribution in [2.75, 3.05) is 0 Å². The van der Waals surface area contributed by atoms with E-state index < -0.39 is 9.84 Å². The van der Waals surface area contributed by atoms with E-state index in [0.29, 0.717) is 11.4 Å². The molecule has 0 amide bonds. The lowest BCUT2D eigenvalue weighted by Crippen LogP contribution is -2.06. The van der Waals surface area contributed by atoms with Gasteiger partial charge in [0.15, 0.2) is 0 Å². The Labute approximate surface area is 111 Å². The van der Waals surface area contributed by atoms with Crippen LogP contribution < -0.4 is 0 Å². The molecule has 0 N–H and O–H groups in total. The highest BCUT2D eigenvalue weighted by atomic mass is 35.5. The van der Waals surface area contributed by atoms with Crippen molar-refractivity contribution in [3.63, 3.8) is 0 Å². The molecule has 1 aliphatic carbocycles. The van der Waals surface area contributed by atoms with Crippen LogP contribution in [0.15, 0.2) is 52.3 Å². The summed E-state index contributed by atoms with van der Waals surface area (Å²) < 4.78 is 24.4. The van der Waals surface area contributed by atoms with Gasteiger partial charge in [0.05, 0.1) is 9.80 Å². The second kappa shape index (κ2) is 4.72. The van der Waals surface area contributed by atoms with Gasteiger partial charge < -0.3 is 0 Å². The molecule has 1 aromatic carbocycles. The Kier molecular flexibility index (Phi) is 3.47. The summed E-state index contributed by atoms with van der Waals surface area (Å²) in [5.41, 5.74) is 0. The molecule has 88 valence electrons. The normalized spacial score (nSPS) is 15.8. The lowest BCUT2D eigenvalue weighted by molar-refractivity contribution is 0.603. The molecular formula is C12H9ClO2S2. The van der Waals surface area contributed by atoms with Crippen LogP contribution >= 0.6 is 23.8 Å². The molecule has 0 spiro atoms. The number of hydrogen-bond donors (Lipinski definition) is 0. The molecule has 5 heteroatoms.